The van der Waals surface area contributed by atoms with Gasteiger partial charge in [-0.1, -0.05) is 0 Å². The van der Waals surface area contributed by atoms with E-state index in [1.807, 2.05) is 6.92 Å². The molecular formula is C13H23N3OS. The van der Waals surface area contributed by atoms with E-state index in [1.165, 1.54) is 5.69 Å². The highest BCUT2D eigenvalue weighted by molar-refractivity contribution is 7.09. The first kappa shape index (κ1) is 13.9. The van der Waals surface area contributed by atoms with E-state index in [2.05, 4.69) is 22.3 Å². The third kappa shape index (κ3) is 3.51. The van der Waals surface area contributed by atoms with Gasteiger partial charge in [0, 0.05) is 31.7 Å². The van der Waals surface area contributed by atoms with Crippen LogP contribution in [0, 0.1) is 12.3 Å². The molecule has 102 valence electrons. The Labute approximate surface area is 113 Å². The Bertz CT molecular complexity index is 374. The maximum atomic E-state index is 5.99. The molecule has 0 aromatic carbocycles. The van der Waals surface area contributed by atoms with E-state index >= 15 is 0 Å². The molecule has 0 unspecified atom stereocenters. The third-order valence-electron chi connectivity index (χ3n) is 3.69. The van der Waals surface area contributed by atoms with Crippen LogP contribution in [0.25, 0.3) is 0 Å². The molecule has 0 amide bonds. The van der Waals surface area contributed by atoms with Gasteiger partial charge < -0.3 is 10.5 Å². The summed E-state index contributed by atoms with van der Waals surface area (Å²) in [6.07, 6.45) is 2.15. The quantitative estimate of drug-likeness (QED) is 0.883. The molecule has 0 bridgehead atoms. The molecule has 0 radical (unpaired) electrons. The van der Waals surface area contributed by atoms with Gasteiger partial charge in [-0.3, -0.25) is 4.90 Å². The van der Waals surface area contributed by atoms with Crippen LogP contribution >= 0.6 is 11.3 Å². The SMILES string of the molecule is Cc1nc(CN(C)CC2(CN)CCOCC2)cs1. The monoisotopic (exact) mass is 269 g/mol. The number of ether oxygens (including phenoxy) is 1. The van der Waals surface area contributed by atoms with Gasteiger partial charge in [-0.15, -0.1) is 11.3 Å². The van der Waals surface area contributed by atoms with Crippen molar-refractivity contribution in [3.63, 3.8) is 0 Å². The predicted octanol–water partition coefficient (Wildman–Crippen LogP) is 1.64. The molecule has 2 rings (SSSR count). The van der Waals surface area contributed by atoms with Crippen LogP contribution in [-0.4, -0.2) is 43.2 Å². The molecule has 0 saturated carbocycles. The highest BCUT2D eigenvalue weighted by Gasteiger charge is 2.32. The average Bonchev–Trinajstić information content (AvgIpc) is 2.75. The fourth-order valence-corrected chi connectivity index (χ4v) is 3.22. The smallest absolute Gasteiger partial charge is 0.0897 e. The number of rotatable bonds is 5. The van der Waals surface area contributed by atoms with Gasteiger partial charge in [-0.2, -0.15) is 0 Å². The summed E-state index contributed by atoms with van der Waals surface area (Å²) in [6, 6.07) is 0. The summed E-state index contributed by atoms with van der Waals surface area (Å²) in [5, 5.41) is 3.28. The first-order chi connectivity index (χ1) is 8.63. The Kier molecular flexibility index (Phi) is 4.72. The van der Waals surface area contributed by atoms with Crippen LogP contribution in [0.5, 0.6) is 0 Å². The van der Waals surface area contributed by atoms with Crippen molar-refractivity contribution in [2.45, 2.75) is 26.3 Å². The van der Waals surface area contributed by atoms with Crippen molar-refractivity contribution in [2.24, 2.45) is 11.1 Å². The summed E-state index contributed by atoms with van der Waals surface area (Å²) in [6.45, 7) is 6.43. The van der Waals surface area contributed by atoms with Gasteiger partial charge in [0.2, 0.25) is 0 Å². The highest BCUT2D eigenvalue weighted by Crippen LogP contribution is 2.30. The number of nitrogens with zero attached hydrogens (tertiary/aromatic N) is 2. The lowest BCUT2D eigenvalue weighted by Crippen LogP contribution is -2.44. The summed E-state index contributed by atoms with van der Waals surface area (Å²) in [5.74, 6) is 0. The van der Waals surface area contributed by atoms with Crippen molar-refractivity contribution in [3.8, 4) is 0 Å². The maximum absolute atomic E-state index is 5.99. The highest BCUT2D eigenvalue weighted by atomic mass is 32.1. The molecule has 5 heteroatoms. The minimum Gasteiger partial charge on any atom is -0.381 e. The zero-order valence-corrected chi connectivity index (χ0v) is 12.1. The Morgan fingerprint density at radius 1 is 1.50 bits per heavy atom. The Morgan fingerprint density at radius 3 is 2.78 bits per heavy atom. The molecule has 1 aromatic heterocycles. The van der Waals surface area contributed by atoms with E-state index in [0.717, 1.165) is 50.7 Å². The van der Waals surface area contributed by atoms with Crippen LogP contribution in [-0.2, 0) is 11.3 Å². The second kappa shape index (κ2) is 6.10. The van der Waals surface area contributed by atoms with E-state index in [9.17, 15) is 0 Å². The molecule has 1 saturated heterocycles. The van der Waals surface area contributed by atoms with E-state index in [4.69, 9.17) is 10.5 Å². The predicted molar refractivity (Wildman–Crippen MR) is 74.7 cm³/mol. The first-order valence-electron chi connectivity index (χ1n) is 6.51. The lowest BCUT2D eigenvalue weighted by Gasteiger charge is -2.39. The van der Waals surface area contributed by atoms with E-state index in [1.54, 1.807) is 11.3 Å². The molecule has 1 fully saturated rings. The zero-order valence-electron chi connectivity index (χ0n) is 11.3. The maximum Gasteiger partial charge on any atom is 0.0897 e. The molecule has 0 spiro atoms. The molecule has 18 heavy (non-hydrogen) atoms. The van der Waals surface area contributed by atoms with Crippen LogP contribution in [0.4, 0.5) is 0 Å². The van der Waals surface area contributed by atoms with Gasteiger partial charge >= 0.3 is 0 Å². The normalized spacial score (nSPS) is 19.3. The lowest BCUT2D eigenvalue weighted by atomic mass is 9.80. The average molecular weight is 269 g/mol. The van der Waals surface area contributed by atoms with Crippen molar-refractivity contribution in [1.29, 1.82) is 0 Å². The van der Waals surface area contributed by atoms with Gasteiger partial charge in [0.15, 0.2) is 0 Å². The molecule has 1 aliphatic rings. The van der Waals surface area contributed by atoms with Crippen molar-refractivity contribution in [1.82, 2.24) is 9.88 Å². The molecule has 0 aliphatic carbocycles. The lowest BCUT2D eigenvalue weighted by molar-refractivity contribution is 0.00255. The van der Waals surface area contributed by atoms with Gasteiger partial charge in [-0.05, 0) is 38.8 Å². The minimum absolute atomic E-state index is 0.234. The summed E-state index contributed by atoms with van der Waals surface area (Å²) in [5.41, 5.74) is 7.39. The van der Waals surface area contributed by atoms with Crippen molar-refractivity contribution >= 4 is 11.3 Å². The fraction of sp³-hybridized carbons (Fsp3) is 0.769. The topological polar surface area (TPSA) is 51.4 Å². The second-order valence-electron chi connectivity index (χ2n) is 5.35. The van der Waals surface area contributed by atoms with Crippen molar-refractivity contribution in [3.05, 3.63) is 16.1 Å². The number of nitrogens with two attached hydrogens (primary N) is 1. The van der Waals surface area contributed by atoms with Crippen LogP contribution < -0.4 is 5.73 Å². The molecular weight excluding hydrogens is 246 g/mol. The van der Waals surface area contributed by atoms with Gasteiger partial charge in [0.1, 0.15) is 0 Å². The van der Waals surface area contributed by atoms with Crippen molar-refractivity contribution < 1.29 is 4.74 Å². The molecule has 1 aliphatic heterocycles. The van der Waals surface area contributed by atoms with E-state index in [-0.39, 0.29) is 5.41 Å². The van der Waals surface area contributed by atoms with Crippen LogP contribution in [0.15, 0.2) is 5.38 Å². The van der Waals surface area contributed by atoms with Crippen LogP contribution in [0.2, 0.25) is 0 Å². The molecule has 2 N–H and O–H groups in total. The summed E-state index contributed by atoms with van der Waals surface area (Å²) in [7, 11) is 2.15. The number of aryl methyl sites for hydroxylation is 1. The molecule has 0 atom stereocenters. The summed E-state index contributed by atoms with van der Waals surface area (Å²) >= 11 is 1.71. The fourth-order valence-electron chi connectivity index (χ4n) is 2.62. The Morgan fingerprint density at radius 2 is 2.22 bits per heavy atom. The number of hydrogen-bond donors (Lipinski definition) is 1. The molecule has 1 aromatic rings. The van der Waals surface area contributed by atoms with E-state index < -0.39 is 0 Å². The Hall–Kier alpha value is -0.490. The Balaban J connectivity index is 1.90. The third-order valence-corrected chi connectivity index (χ3v) is 4.51. The van der Waals surface area contributed by atoms with Gasteiger partial charge in [0.05, 0.1) is 10.7 Å². The zero-order chi connectivity index (χ0) is 13.0. The molecule has 2 heterocycles. The van der Waals surface area contributed by atoms with Crippen LogP contribution in [0.3, 0.4) is 0 Å². The standard InChI is InChI=1S/C13H23N3OS/c1-11-15-12(8-18-11)7-16(2)10-13(9-14)3-5-17-6-4-13/h8H,3-7,9-10,14H2,1-2H3. The molecule has 4 nitrogen and oxygen atoms in total. The number of thiazole rings is 1. The summed E-state index contributed by atoms with van der Waals surface area (Å²) in [4.78, 5) is 6.85. The largest absolute Gasteiger partial charge is 0.381 e. The van der Waals surface area contributed by atoms with Crippen LogP contribution in [0.1, 0.15) is 23.5 Å². The number of hydrogen-bond acceptors (Lipinski definition) is 5. The van der Waals surface area contributed by atoms with Gasteiger partial charge in [0.25, 0.3) is 0 Å². The summed E-state index contributed by atoms with van der Waals surface area (Å²) < 4.78 is 5.45. The van der Waals surface area contributed by atoms with Gasteiger partial charge in [-0.25, -0.2) is 4.98 Å². The second-order valence-corrected chi connectivity index (χ2v) is 6.41. The minimum atomic E-state index is 0.234. The van der Waals surface area contributed by atoms with E-state index in [0.29, 0.717) is 0 Å². The number of aromatic nitrogens is 1. The van der Waals surface area contributed by atoms with Crippen molar-refractivity contribution in [2.75, 3.05) is 33.4 Å². The first-order valence-corrected chi connectivity index (χ1v) is 7.39.